The van der Waals surface area contributed by atoms with Crippen molar-refractivity contribution in [1.82, 2.24) is 20.4 Å². The maximum absolute atomic E-state index is 13.2. The van der Waals surface area contributed by atoms with Gasteiger partial charge in [0.15, 0.2) is 0 Å². The maximum atomic E-state index is 13.2. The molecule has 2 aromatic carbocycles. The molecule has 0 bridgehead atoms. The van der Waals surface area contributed by atoms with E-state index >= 15 is 0 Å². The molecular formula is C18H13FN4O2. The second-order valence-corrected chi connectivity index (χ2v) is 5.48. The Morgan fingerprint density at radius 1 is 1.20 bits per heavy atom. The molecule has 4 rings (SSSR count). The summed E-state index contributed by atoms with van der Waals surface area (Å²) in [4.78, 5) is 19.4. The molecule has 0 atom stereocenters. The SMILES string of the molecule is O=C(NCc1cccc(F)c1)c1nc(-c2cccc3[nH]ccc23)no1. The molecule has 0 radical (unpaired) electrons. The molecule has 4 aromatic rings. The summed E-state index contributed by atoms with van der Waals surface area (Å²) >= 11 is 0. The number of carbonyl (C=O) groups excluding carboxylic acids is 1. The summed E-state index contributed by atoms with van der Waals surface area (Å²) in [7, 11) is 0. The average Bonchev–Trinajstić information content (AvgIpc) is 3.28. The van der Waals surface area contributed by atoms with Crippen LogP contribution in [-0.2, 0) is 6.54 Å². The van der Waals surface area contributed by atoms with Crippen LogP contribution in [0, 0.1) is 5.82 Å². The Hall–Kier alpha value is -3.48. The smallest absolute Gasteiger partial charge is 0.316 e. The molecule has 2 aromatic heterocycles. The lowest BCUT2D eigenvalue weighted by Crippen LogP contribution is -2.23. The van der Waals surface area contributed by atoms with Crippen LogP contribution in [0.1, 0.15) is 16.2 Å². The van der Waals surface area contributed by atoms with Crippen molar-refractivity contribution in [3.05, 3.63) is 72.0 Å². The zero-order valence-electron chi connectivity index (χ0n) is 13.0. The summed E-state index contributed by atoms with van der Waals surface area (Å²) in [5.74, 6) is -0.671. The van der Waals surface area contributed by atoms with E-state index in [4.69, 9.17) is 4.52 Å². The summed E-state index contributed by atoms with van der Waals surface area (Å²) in [6, 6.07) is 13.6. The first-order chi connectivity index (χ1) is 12.2. The molecule has 0 aliphatic rings. The van der Waals surface area contributed by atoms with Gasteiger partial charge in [-0.05, 0) is 29.8 Å². The van der Waals surface area contributed by atoms with Crippen LogP contribution in [0.25, 0.3) is 22.3 Å². The third-order valence-corrected chi connectivity index (χ3v) is 3.80. The van der Waals surface area contributed by atoms with Gasteiger partial charge in [-0.1, -0.05) is 29.4 Å². The number of rotatable bonds is 4. The number of H-pyrrole nitrogens is 1. The van der Waals surface area contributed by atoms with Crippen LogP contribution in [0.2, 0.25) is 0 Å². The van der Waals surface area contributed by atoms with E-state index in [1.54, 1.807) is 12.1 Å². The van der Waals surface area contributed by atoms with Gasteiger partial charge in [-0.15, -0.1) is 0 Å². The molecule has 0 saturated heterocycles. The second kappa shape index (κ2) is 6.20. The predicted molar refractivity (Wildman–Crippen MR) is 89.2 cm³/mol. The van der Waals surface area contributed by atoms with Crippen molar-refractivity contribution < 1.29 is 13.7 Å². The van der Waals surface area contributed by atoms with Crippen LogP contribution in [0.5, 0.6) is 0 Å². The van der Waals surface area contributed by atoms with Crippen molar-refractivity contribution in [1.29, 1.82) is 0 Å². The van der Waals surface area contributed by atoms with Gasteiger partial charge in [-0.3, -0.25) is 4.79 Å². The first-order valence-corrected chi connectivity index (χ1v) is 7.63. The number of benzene rings is 2. The molecule has 2 N–H and O–H groups in total. The number of aromatic amines is 1. The van der Waals surface area contributed by atoms with E-state index in [-0.39, 0.29) is 18.3 Å². The topological polar surface area (TPSA) is 83.8 Å². The molecule has 0 unspecified atom stereocenters. The number of amides is 1. The number of fused-ring (bicyclic) bond motifs is 1. The monoisotopic (exact) mass is 336 g/mol. The van der Waals surface area contributed by atoms with E-state index in [2.05, 4.69) is 20.4 Å². The molecule has 0 fully saturated rings. The highest BCUT2D eigenvalue weighted by atomic mass is 19.1. The molecule has 0 aliphatic carbocycles. The van der Waals surface area contributed by atoms with Crippen LogP contribution in [0.4, 0.5) is 4.39 Å². The summed E-state index contributed by atoms with van der Waals surface area (Å²) in [6.07, 6.45) is 1.82. The lowest BCUT2D eigenvalue weighted by atomic mass is 10.1. The minimum Gasteiger partial charge on any atom is -0.361 e. The predicted octanol–water partition coefficient (Wildman–Crippen LogP) is 3.29. The van der Waals surface area contributed by atoms with Gasteiger partial charge in [0.2, 0.25) is 5.82 Å². The van der Waals surface area contributed by atoms with Crippen LogP contribution < -0.4 is 5.32 Å². The normalized spacial score (nSPS) is 10.9. The third-order valence-electron chi connectivity index (χ3n) is 3.80. The van der Waals surface area contributed by atoms with Crippen molar-refractivity contribution in [2.45, 2.75) is 6.54 Å². The number of nitrogens with zero attached hydrogens (tertiary/aromatic N) is 2. The van der Waals surface area contributed by atoms with Crippen molar-refractivity contribution in [3.8, 4) is 11.4 Å². The molecule has 6 nitrogen and oxygen atoms in total. The molecule has 0 spiro atoms. The molecule has 7 heteroatoms. The zero-order valence-corrected chi connectivity index (χ0v) is 13.0. The summed E-state index contributed by atoms with van der Waals surface area (Å²) < 4.78 is 18.2. The number of hydrogen-bond donors (Lipinski definition) is 2. The minimum absolute atomic E-state index is 0.140. The van der Waals surface area contributed by atoms with Crippen LogP contribution in [-0.4, -0.2) is 21.0 Å². The molecule has 0 saturated carbocycles. The van der Waals surface area contributed by atoms with E-state index < -0.39 is 5.91 Å². The molecule has 1 amide bonds. The lowest BCUT2D eigenvalue weighted by molar-refractivity contribution is 0.0907. The first kappa shape index (κ1) is 15.1. The highest BCUT2D eigenvalue weighted by molar-refractivity contribution is 5.94. The van der Waals surface area contributed by atoms with E-state index in [1.165, 1.54) is 12.1 Å². The van der Waals surface area contributed by atoms with Crippen molar-refractivity contribution in [2.75, 3.05) is 0 Å². The fourth-order valence-electron chi connectivity index (χ4n) is 2.61. The number of nitrogens with one attached hydrogen (secondary N) is 2. The highest BCUT2D eigenvalue weighted by Crippen LogP contribution is 2.25. The Kier molecular flexibility index (Phi) is 3.74. The van der Waals surface area contributed by atoms with Gasteiger partial charge in [0.1, 0.15) is 5.82 Å². The van der Waals surface area contributed by atoms with Gasteiger partial charge < -0.3 is 14.8 Å². The van der Waals surface area contributed by atoms with Crippen LogP contribution in [0.15, 0.2) is 59.3 Å². The quantitative estimate of drug-likeness (QED) is 0.599. The Morgan fingerprint density at radius 2 is 2.08 bits per heavy atom. The summed E-state index contributed by atoms with van der Waals surface area (Å²) in [6.45, 7) is 0.168. The van der Waals surface area contributed by atoms with E-state index in [1.807, 2.05) is 30.5 Å². The summed E-state index contributed by atoms with van der Waals surface area (Å²) in [5, 5.41) is 7.46. The molecular weight excluding hydrogens is 323 g/mol. The van der Waals surface area contributed by atoms with Crippen molar-refractivity contribution in [3.63, 3.8) is 0 Å². The van der Waals surface area contributed by atoms with Crippen molar-refractivity contribution in [2.24, 2.45) is 0 Å². The average molecular weight is 336 g/mol. The molecule has 0 aliphatic heterocycles. The third kappa shape index (κ3) is 2.99. The fraction of sp³-hybridized carbons (Fsp3) is 0.0556. The van der Waals surface area contributed by atoms with Gasteiger partial charge in [0.25, 0.3) is 0 Å². The second-order valence-electron chi connectivity index (χ2n) is 5.48. The first-order valence-electron chi connectivity index (χ1n) is 7.63. The van der Waals surface area contributed by atoms with Gasteiger partial charge in [-0.2, -0.15) is 4.98 Å². The summed E-state index contributed by atoms with van der Waals surface area (Å²) in [5.41, 5.74) is 2.36. The van der Waals surface area contributed by atoms with Gasteiger partial charge >= 0.3 is 11.8 Å². The van der Waals surface area contributed by atoms with Crippen LogP contribution in [0.3, 0.4) is 0 Å². The molecule has 2 heterocycles. The number of hydrogen-bond acceptors (Lipinski definition) is 4. The number of aromatic nitrogens is 3. The maximum Gasteiger partial charge on any atom is 0.316 e. The lowest BCUT2D eigenvalue weighted by Gasteiger charge is -2.02. The molecule has 124 valence electrons. The van der Waals surface area contributed by atoms with E-state index in [0.717, 1.165) is 16.5 Å². The fourth-order valence-corrected chi connectivity index (χ4v) is 2.61. The number of halogens is 1. The number of carbonyl (C=O) groups is 1. The van der Waals surface area contributed by atoms with Crippen molar-refractivity contribution >= 4 is 16.8 Å². The Labute approximate surface area is 141 Å². The van der Waals surface area contributed by atoms with Gasteiger partial charge in [0.05, 0.1) is 0 Å². The molecule has 25 heavy (non-hydrogen) atoms. The van der Waals surface area contributed by atoms with Gasteiger partial charge in [0, 0.05) is 29.2 Å². The van der Waals surface area contributed by atoms with E-state index in [9.17, 15) is 9.18 Å². The standard InChI is InChI=1S/C18H13FN4O2/c19-12-4-1-3-11(9-12)10-21-17(24)18-22-16(23-25-18)14-5-2-6-15-13(14)7-8-20-15/h1-9,20H,10H2,(H,21,24). The van der Waals surface area contributed by atoms with E-state index in [0.29, 0.717) is 11.4 Å². The highest BCUT2D eigenvalue weighted by Gasteiger charge is 2.17. The zero-order chi connectivity index (χ0) is 17.2. The van der Waals surface area contributed by atoms with Gasteiger partial charge in [-0.25, -0.2) is 4.39 Å². The largest absolute Gasteiger partial charge is 0.361 e. The Bertz CT molecular complexity index is 1050. The van der Waals surface area contributed by atoms with Crippen LogP contribution >= 0.6 is 0 Å². The Balaban J connectivity index is 1.53. The minimum atomic E-state index is -0.510. The Morgan fingerprint density at radius 3 is 2.96 bits per heavy atom.